The quantitative estimate of drug-likeness (QED) is 0.865. The van der Waals surface area contributed by atoms with E-state index in [0.29, 0.717) is 11.8 Å². The van der Waals surface area contributed by atoms with Crippen LogP contribution in [-0.2, 0) is 16.7 Å². The van der Waals surface area contributed by atoms with Gasteiger partial charge in [-0.1, -0.05) is 25.9 Å². The Labute approximate surface area is 149 Å². The molecule has 25 heavy (non-hydrogen) atoms. The van der Waals surface area contributed by atoms with E-state index in [0.717, 1.165) is 37.5 Å². The molecule has 2 aromatic heterocycles. The maximum Gasteiger partial charge on any atom is 0.243 e. The average molecular weight is 347 g/mol. The number of hydrogen-bond donors (Lipinski definition) is 1. The zero-order valence-electron chi connectivity index (χ0n) is 15.8. The zero-order valence-corrected chi connectivity index (χ0v) is 15.8. The van der Waals surface area contributed by atoms with Crippen molar-refractivity contribution in [3.8, 4) is 0 Å². The number of aryl methyl sites for hydroxylation is 1. The number of nitrogens with one attached hydrogen (secondary N) is 1. The van der Waals surface area contributed by atoms with E-state index in [-0.39, 0.29) is 17.6 Å². The van der Waals surface area contributed by atoms with Crippen molar-refractivity contribution in [2.75, 3.05) is 13.2 Å². The second-order valence-corrected chi connectivity index (χ2v) is 7.81. The molecule has 0 aliphatic carbocycles. The fraction of sp³-hybridized carbons (Fsp3) is 0.722. The number of ether oxygens (including phenoxy) is 1. The predicted molar refractivity (Wildman–Crippen MR) is 94.1 cm³/mol. The van der Waals surface area contributed by atoms with Gasteiger partial charge in [-0.3, -0.25) is 4.68 Å². The third-order valence-corrected chi connectivity index (χ3v) is 4.69. The molecule has 2 aromatic rings. The second kappa shape index (κ2) is 7.25. The Morgan fingerprint density at radius 1 is 1.40 bits per heavy atom. The summed E-state index contributed by atoms with van der Waals surface area (Å²) >= 11 is 0. The maximum atomic E-state index is 5.95. The number of hydrogen-bond acceptors (Lipinski definition) is 6. The van der Waals surface area contributed by atoms with Gasteiger partial charge in [0.2, 0.25) is 5.89 Å². The molecule has 3 rings (SSSR count). The first-order valence-corrected chi connectivity index (χ1v) is 9.10. The highest BCUT2D eigenvalue weighted by Gasteiger charge is 2.31. The maximum absolute atomic E-state index is 5.95. The summed E-state index contributed by atoms with van der Waals surface area (Å²) in [6.45, 7) is 12.9. The molecular formula is C18H29N5O2. The van der Waals surface area contributed by atoms with Crippen LogP contribution >= 0.6 is 0 Å². The summed E-state index contributed by atoms with van der Waals surface area (Å²) in [6, 6.07) is 0.0169. The average Bonchev–Trinajstić information content (AvgIpc) is 3.30. The van der Waals surface area contributed by atoms with E-state index in [9.17, 15) is 0 Å². The normalized spacial score (nSPS) is 22.4. The monoisotopic (exact) mass is 347 g/mol. The fourth-order valence-electron chi connectivity index (χ4n) is 3.04. The molecule has 7 heteroatoms. The molecule has 1 aliphatic rings. The highest BCUT2D eigenvalue weighted by Crippen LogP contribution is 2.34. The first-order chi connectivity index (χ1) is 11.9. The fourth-order valence-corrected chi connectivity index (χ4v) is 3.04. The summed E-state index contributed by atoms with van der Waals surface area (Å²) in [5.74, 6) is 1.80. The van der Waals surface area contributed by atoms with Crippen molar-refractivity contribution >= 4 is 0 Å². The molecule has 7 nitrogen and oxygen atoms in total. The van der Waals surface area contributed by atoms with Gasteiger partial charge >= 0.3 is 0 Å². The molecule has 1 saturated heterocycles. The third-order valence-electron chi connectivity index (χ3n) is 4.69. The van der Waals surface area contributed by atoms with Crippen LogP contribution in [0.15, 0.2) is 16.9 Å². The van der Waals surface area contributed by atoms with Gasteiger partial charge in [0.15, 0.2) is 5.82 Å². The summed E-state index contributed by atoms with van der Waals surface area (Å²) < 4.78 is 13.3. The Bertz CT molecular complexity index is 688. The molecule has 1 N–H and O–H groups in total. The van der Waals surface area contributed by atoms with E-state index in [4.69, 9.17) is 9.26 Å². The molecule has 0 unspecified atom stereocenters. The Morgan fingerprint density at radius 3 is 2.84 bits per heavy atom. The van der Waals surface area contributed by atoms with Gasteiger partial charge in [0, 0.05) is 42.8 Å². The first-order valence-electron chi connectivity index (χ1n) is 9.10. The van der Waals surface area contributed by atoms with E-state index in [1.54, 1.807) is 0 Å². The van der Waals surface area contributed by atoms with E-state index in [1.807, 2.05) is 10.9 Å². The number of nitrogens with zero attached hydrogens (tertiary/aromatic N) is 4. The van der Waals surface area contributed by atoms with E-state index in [1.165, 1.54) is 0 Å². The van der Waals surface area contributed by atoms with Gasteiger partial charge in [-0.15, -0.1) is 0 Å². The highest BCUT2D eigenvalue weighted by atomic mass is 16.5. The van der Waals surface area contributed by atoms with Crippen molar-refractivity contribution in [1.29, 1.82) is 0 Å². The highest BCUT2D eigenvalue weighted by molar-refractivity contribution is 5.11. The second-order valence-electron chi connectivity index (χ2n) is 7.81. The molecule has 138 valence electrons. The largest absolute Gasteiger partial charge is 0.373 e. The molecule has 0 amide bonds. The van der Waals surface area contributed by atoms with Crippen molar-refractivity contribution in [1.82, 2.24) is 25.2 Å². The molecule has 0 radical (unpaired) electrons. The third kappa shape index (κ3) is 4.10. The molecule has 0 spiro atoms. The van der Waals surface area contributed by atoms with Gasteiger partial charge in [-0.05, 0) is 20.3 Å². The molecule has 0 aromatic carbocycles. The summed E-state index contributed by atoms with van der Waals surface area (Å²) in [5, 5.41) is 12.0. The summed E-state index contributed by atoms with van der Waals surface area (Å²) in [6.07, 6.45) is 5.15. The number of aromatic nitrogens is 4. The molecule has 3 atom stereocenters. The lowest BCUT2D eigenvalue weighted by molar-refractivity contribution is 0.0895. The van der Waals surface area contributed by atoms with Crippen molar-refractivity contribution < 1.29 is 9.26 Å². The predicted octanol–water partition coefficient (Wildman–Crippen LogP) is 3.01. The van der Waals surface area contributed by atoms with Crippen LogP contribution in [0.1, 0.15) is 70.5 Å². The Morgan fingerprint density at radius 2 is 2.20 bits per heavy atom. The summed E-state index contributed by atoms with van der Waals surface area (Å²) in [4.78, 5) is 4.53. The van der Waals surface area contributed by atoms with Crippen LogP contribution in [0.25, 0.3) is 0 Å². The first kappa shape index (κ1) is 18.1. The molecule has 1 aliphatic heterocycles. The zero-order chi connectivity index (χ0) is 18.0. The van der Waals surface area contributed by atoms with Crippen molar-refractivity contribution in [2.45, 2.75) is 65.1 Å². The van der Waals surface area contributed by atoms with Gasteiger partial charge in [-0.25, -0.2) is 0 Å². The van der Waals surface area contributed by atoms with Crippen LogP contribution in [0.3, 0.4) is 0 Å². The van der Waals surface area contributed by atoms with Gasteiger partial charge in [0.05, 0.1) is 18.3 Å². The van der Waals surface area contributed by atoms with Gasteiger partial charge in [-0.2, -0.15) is 10.1 Å². The van der Waals surface area contributed by atoms with Crippen LogP contribution in [0.4, 0.5) is 0 Å². The lowest BCUT2D eigenvalue weighted by Crippen LogP contribution is -2.27. The minimum atomic E-state index is -0.106. The van der Waals surface area contributed by atoms with Gasteiger partial charge in [0.1, 0.15) is 0 Å². The van der Waals surface area contributed by atoms with Crippen molar-refractivity contribution in [2.24, 2.45) is 5.92 Å². The van der Waals surface area contributed by atoms with Gasteiger partial charge < -0.3 is 14.6 Å². The minimum Gasteiger partial charge on any atom is -0.373 e. The molecular weight excluding hydrogens is 318 g/mol. The van der Waals surface area contributed by atoms with Gasteiger partial charge in [0.25, 0.3) is 0 Å². The van der Waals surface area contributed by atoms with Crippen molar-refractivity contribution in [3.05, 3.63) is 29.7 Å². The van der Waals surface area contributed by atoms with Crippen LogP contribution in [0, 0.1) is 5.92 Å². The SMILES string of the molecule is CCn1cc([C@@H]2OCC[C@@H]2CN[C@@H](C)c2nc(C(C)(C)C)no2)cn1. The van der Waals surface area contributed by atoms with Crippen LogP contribution in [-0.4, -0.2) is 33.1 Å². The molecule has 3 heterocycles. The lowest BCUT2D eigenvalue weighted by atomic mass is 9.96. The Hall–Kier alpha value is -1.73. The topological polar surface area (TPSA) is 78.0 Å². The Balaban J connectivity index is 1.59. The summed E-state index contributed by atoms with van der Waals surface area (Å²) in [7, 11) is 0. The Kier molecular flexibility index (Phi) is 5.24. The summed E-state index contributed by atoms with van der Waals surface area (Å²) in [5.41, 5.74) is 1.05. The lowest BCUT2D eigenvalue weighted by Gasteiger charge is -2.19. The standard InChI is InChI=1S/C18H29N5O2/c1-6-23-11-14(10-20-23)15-13(7-8-24-15)9-19-12(2)16-21-17(22-25-16)18(3,4)5/h10-13,15,19H,6-9H2,1-5H3/t12-,13+,15+/m0/s1. The molecule has 0 saturated carbocycles. The van der Waals surface area contributed by atoms with Crippen LogP contribution in [0.5, 0.6) is 0 Å². The van der Waals surface area contributed by atoms with E-state index >= 15 is 0 Å². The van der Waals surface area contributed by atoms with Crippen LogP contribution < -0.4 is 5.32 Å². The minimum absolute atomic E-state index is 0.0169. The number of rotatable bonds is 6. The molecule has 1 fully saturated rings. The van der Waals surface area contributed by atoms with E-state index < -0.39 is 0 Å². The van der Waals surface area contributed by atoms with E-state index in [2.05, 4.69) is 61.4 Å². The smallest absolute Gasteiger partial charge is 0.243 e. The molecule has 0 bridgehead atoms. The van der Waals surface area contributed by atoms with Crippen molar-refractivity contribution in [3.63, 3.8) is 0 Å². The van der Waals surface area contributed by atoms with Crippen LogP contribution in [0.2, 0.25) is 0 Å².